The number of para-hydroxylation sites is 1. The molecule has 0 aliphatic heterocycles. The Hall–Kier alpha value is -2.88. The lowest BCUT2D eigenvalue weighted by Crippen LogP contribution is -2.23. The first-order chi connectivity index (χ1) is 9.66. The summed E-state index contributed by atoms with van der Waals surface area (Å²) in [5.74, 6) is -1.33. The van der Waals surface area contributed by atoms with E-state index in [2.05, 4.69) is 0 Å². The molecule has 3 aromatic rings. The number of carboxylic acid groups (broad SMARTS) is 1. The monoisotopic (exact) mass is 265 g/mol. The van der Waals surface area contributed by atoms with E-state index in [9.17, 15) is 14.7 Å². The highest BCUT2D eigenvalue weighted by atomic mass is 16.4. The number of carbonyl (C=O) groups is 1. The lowest BCUT2D eigenvalue weighted by molar-refractivity contribution is -0.254. The summed E-state index contributed by atoms with van der Waals surface area (Å²) < 4.78 is 5.21. The minimum Gasteiger partial charge on any atom is -0.545 e. The molecule has 0 radical (unpaired) electrons. The summed E-state index contributed by atoms with van der Waals surface area (Å²) in [6.45, 7) is 0. The van der Waals surface area contributed by atoms with E-state index < -0.39 is 11.6 Å². The van der Waals surface area contributed by atoms with Crippen molar-refractivity contribution in [3.63, 3.8) is 0 Å². The molecule has 0 fully saturated rings. The highest BCUT2D eigenvalue weighted by Gasteiger charge is 2.11. The van der Waals surface area contributed by atoms with Crippen molar-refractivity contribution in [2.24, 2.45) is 0 Å². The van der Waals surface area contributed by atoms with Gasteiger partial charge in [-0.2, -0.15) is 0 Å². The van der Waals surface area contributed by atoms with Crippen LogP contribution in [-0.2, 0) is 0 Å². The Bertz CT molecular complexity index is 861. The van der Waals surface area contributed by atoms with Crippen molar-refractivity contribution in [3.8, 4) is 11.1 Å². The van der Waals surface area contributed by atoms with Crippen LogP contribution in [0.1, 0.15) is 10.4 Å². The molecule has 3 rings (SSSR count). The van der Waals surface area contributed by atoms with Crippen LogP contribution < -0.4 is 10.7 Å². The average Bonchev–Trinajstić information content (AvgIpc) is 2.46. The minimum absolute atomic E-state index is 0.0323. The lowest BCUT2D eigenvalue weighted by Gasteiger charge is -2.09. The van der Waals surface area contributed by atoms with Gasteiger partial charge in [-0.15, -0.1) is 0 Å². The summed E-state index contributed by atoms with van der Waals surface area (Å²) in [4.78, 5) is 23.2. The fourth-order valence-corrected chi connectivity index (χ4v) is 2.15. The fourth-order valence-electron chi connectivity index (χ4n) is 2.15. The first kappa shape index (κ1) is 12.2. The SMILES string of the molecule is O=C([O-])c1ccccc1-c1cc2ccccc2oc1=O. The molecule has 0 saturated carbocycles. The predicted molar refractivity (Wildman–Crippen MR) is 72.3 cm³/mol. The molecule has 0 bridgehead atoms. The third-order valence-corrected chi connectivity index (χ3v) is 3.08. The van der Waals surface area contributed by atoms with Crippen LogP contribution >= 0.6 is 0 Å². The molecule has 1 aromatic heterocycles. The van der Waals surface area contributed by atoms with Crippen LogP contribution in [0, 0.1) is 0 Å². The van der Waals surface area contributed by atoms with E-state index in [0.29, 0.717) is 11.1 Å². The number of hydrogen-bond acceptors (Lipinski definition) is 4. The number of fused-ring (bicyclic) bond motifs is 1. The van der Waals surface area contributed by atoms with Crippen molar-refractivity contribution < 1.29 is 14.3 Å². The number of rotatable bonds is 2. The van der Waals surface area contributed by atoms with E-state index in [0.717, 1.165) is 5.39 Å². The summed E-state index contributed by atoms with van der Waals surface area (Å²) in [7, 11) is 0. The molecular weight excluding hydrogens is 256 g/mol. The maximum Gasteiger partial charge on any atom is 0.344 e. The fraction of sp³-hybridized carbons (Fsp3) is 0. The van der Waals surface area contributed by atoms with Gasteiger partial charge in [0.15, 0.2) is 0 Å². The van der Waals surface area contributed by atoms with Crippen molar-refractivity contribution in [2.75, 3.05) is 0 Å². The average molecular weight is 265 g/mol. The first-order valence-corrected chi connectivity index (χ1v) is 6.00. The van der Waals surface area contributed by atoms with Gasteiger partial charge in [-0.05, 0) is 17.7 Å². The molecule has 0 aliphatic rings. The summed E-state index contributed by atoms with van der Waals surface area (Å²) in [5, 5.41) is 11.9. The van der Waals surface area contributed by atoms with Gasteiger partial charge in [0.2, 0.25) is 0 Å². The Labute approximate surface area is 113 Å². The van der Waals surface area contributed by atoms with Gasteiger partial charge in [0.1, 0.15) is 5.58 Å². The number of aromatic carboxylic acids is 1. The summed E-state index contributed by atoms with van der Waals surface area (Å²) in [5.41, 5.74) is 0.371. The molecule has 1 heterocycles. The van der Waals surface area contributed by atoms with Crippen LogP contribution in [0.4, 0.5) is 0 Å². The highest BCUT2D eigenvalue weighted by molar-refractivity contribution is 5.95. The molecule has 98 valence electrons. The zero-order chi connectivity index (χ0) is 14.1. The number of hydrogen-bond donors (Lipinski definition) is 0. The number of benzene rings is 2. The predicted octanol–water partition coefficient (Wildman–Crippen LogP) is 1.82. The third kappa shape index (κ3) is 1.97. The van der Waals surface area contributed by atoms with Gasteiger partial charge in [-0.1, -0.05) is 42.5 Å². The molecule has 0 aliphatic carbocycles. The van der Waals surface area contributed by atoms with Gasteiger partial charge in [0.25, 0.3) is 0 Å². The Morgan fingerprint density at radius 1 is 0.950 bits per heavy atom. The summed E-state index contributed by atoms with van der Waals surface area (Å²) in [6.07, 6.45) is 0. The molecule has 0 atom stereocenters. The van der Waals surface area contributed by atoms with Gasteiger partial charge in [-0.25, -0.2) is 4.79 Å². The normalized spacial score (nSPS) is 10.6. The van der Waals surface area contributed by atoms with E-state index in [1.54, 1.807) is 42.5 Å². The van der Waals surface area contributed by atoms with E-state index in [4.69, 9.17) is 4.42 Å². The van der Waals surface area contributed by atoms with E-state index in [1.165, 1.54) is 6.07 Å². The van der Waals surface area contributed by atoms with Gasteiger partial charge in [0, 0.05) is 10.9 Å². The van der Waals surface area contributed by atoms with Crippen LogP contribution in [0.25, 0.3) is 22.1 Å². The van der Waals surface area contributed by atoms with Crippen LogP contribution in [0.2, 0.25) is 0 Å². The van der Waals surface area contributed by atoms with Crippen molar-refractivity contribution >= 4 is 16.9 Å². The topological polar surface area (TPSA) is 70.3 Å². The molecule has 0 unspecified atom stereocenters. The highest BCUT2D eigenvalue weighted by Crippen LogP contribution is 2.23. The van der Waals surface area contributed by atoms with Crippen LogP contribution in [0.15, 0.2) is 63.8 Å². The third-order valence-electron chi connectivity index (χ3n) is 3.08. The molecule has 4 heteroatoms. The van der Waals surface area contributed by atoms with Gasteiger partial charge in [-0.3, -0.25) is 0 Å². The van der Waals surface area contributed by atoms with Gasteiger partial charge >= 0.3 is 5.63 Å². The van der Waals surface area contributed by atoms with E-state index in [-0.39, 0.29) is 11.1 Å². The number of carbonyl (C=O) groups excluding carboxylic acids is 1. The quantitative estimate of drug-likeness (QED) is 0.663. The summed E-state index contributed by atoms with van der Waals surface area (Å²) in [6, 6.07) is 14.9. The Balaban J connectivity index is 2.33. The number of carboxylic acids is 1. The van der Waals surface area contributed by atoms with Crippen molar-refractivity contribution in [1.29, 1.82) is 0 Å². The Morgan fingerprint density at radius 3 is 2.45 bits per heavy atom. The molecule has 0 saturated heterocycles. The second-order valence-electron chi connectivity index (χ2n) is 4.32. The molecule has 20 heavy (non-hydrogen) atoms. The molecule has 2 aromatic carbocycles. The van der Waals surface area contributed by atoms with Crippen molar-refractivity contribution in [3.05, 3.63) is 70.6 Å². The van der Waals surface area contributed by atoms with Crippen LogP contribution in [0.3, 0.4) is 0 Å². The smallest absolute Gasteiger partial charge is 0.344 e. The van der Waals surface area contributed by atoms with Crippen LogP contribution in [-0.4, -0.2) is 5.97 Å². The minimum atomic E-state index is -1.33. The van der Waals surface area contributed by atoms with E-state index >= 15 is 0 Å². The van der Waals surface area contributed by atoms with Gasteiger partial charge in [0.05, 0.1) is 11.5 Å². The zero-order valence-electron chi connectivity index (χ0n) is 10.3. The molecule has 0 spiro atoms. The van der Waals surface area contributed by atoms with Crippen molar-refractivity contribution in [2.45, 2.75) is 0 Å². The maximum absolute atomic E-state index is 12.0. The second-order valence-corrected chi connectivity index (χ2v) is 4.32. The second kappa shape index (κ2) is 4.66. The standard InChI is InChI=1S/C16H10O4/c17-15(18)12-7-3-2-6-11(12)13-9-10-5-1-4-8-14(10)20-16(13)19/h1-9H,(H,17,18)/p-1. The van der Waals surface area contributed by atoms with Gasteiger partial charge < -0.3 is 14.3 Å². The summed E-state index contributed by atoms with van der Waals surface area (Å²) >= 11 is 0. The van der Waals surface area contributed by atoms with Crippen molar-refractivity contribution in [1.82, 2.24) is 0 Å². The lowest BCUT2D eigenvalue weighted by atomic mass is 10.0. The maximum atomic E-state index is 12.0. The zero-order valence-corrected chi connectivity index (χ0v) is 10.3. The molecule has 4 nitrogen and oxygen atoms in total. The molecule has 0 N–H and O–H groups in total. The largest absolute Gasteiger partial charge is 0.545 e. The Kier molecular flexibility index (Phi) is 2.84. The first-order valence-electron chi connectivity index (χ1n) is 6.00. The van der Waals surface area contributed by atoms with E-state index in [1.807, 2.05) is 6.07 Å². The molecular formula is C16H9O4-. The Morgan fingerprint density at radius 2 is 1.65 bits per heavy atom. The van der Waals surface area contributed by atoms with Crippen LogP contribution in [0.5, 0.6) is 0 Å². The molecule has 0 amide bonds.